The normalized spacial score (nSPS) is 12.6. The molecule has 1 aromatic heterocycles. The van der Waals surface area contributed by atoms with Crippen LogP contribution >= 0.6 is 0 Å². The summed E-state index contributed by atoms with van der Waals surface area (Å²) in [5, 5.41) is 21.4. The Morgan fingerprint density at radius 1 is 1.17 bits per heavy atom. The van der Waals surface area contributed by atoms with E-state index in [1.807, 2.05) is 0 Å². The fourth-order valence-corrected chi connectivity index (χ4v) is 3.04. The molecule has 0 bridgehead atoms. The molecular formula is C19H16F3N3O4. The summed E-state index contributed by atoms with van der Waals surface area (Å²) in [6.45, 7) is 1.43. The second kappa shape index (κ2) is 7.92. The standard InChI is InChI=1S/C19H16F3N3O4/c1-10(26)15-12(9-25-18(27)28)8-14(16-17(15)24-7-6-23-16)11-2-4-13(5-3-11)29-19(20,21)22/h2-8,10,25-26H,9H2,1H3,(H,27,28). The lowest BCUT2D eigenvalue weighted by Gasteiger charge is -2.17. The van der Waals surface area contributed by atoms with E-state index in [-0.39, 0.29) is 12.3 Å². The highest BCUT2D eigenvalue weighted by Crippen LogP contribution is 2.35. The molecule has 3 rings (SSSR count). The van der Waals surface area contributed by atoms with Gasteiger partial charge >= 0.3 is 12.5 Å². The minimum Gasteiger partial charge on any atom is -0.465 e. The van der Waals surface area contributed by atoms with Crippen molar-refractivity contribution in [1.29, 1.82) is 0 Å². The van der Waals surface area contributed by atoms with E-state index >= 15 is 0 Å². The first-order chi connectivity index (χ1) is 13.7. The van der Waals surface area contributed by atoms with E-state index in [2.05, 4.69) is 20.0 Å². The van der Waals surface area contributed by atoms with Crippen molar-refractivity contribution in [3.63, 3.8) is 0 Å². The number of hydrogen-bond donors (Lipinski definition) is 3. The number of fused-ring (bicyclic) bond motifs is 1. The predicted octanol–water partition coefficient (Wildman–Crippen LogP) is 4.02. The first-order valence-electron chi connectivity index (χ1n) is 8.43. The van der Waals surface area contributed by atoms with Crippen molar-refractivity contribution < 1.29 is 32.9 Å². The summed E-state index contributed by atoms with van der Waals surface area (Å²) in [6, 6.07) is 6.84. The zero-order valence-electron chi connectivity index (χ0n) is 15.1. The molecule has 0 aliphatic carbocycles. The SMILES string of the molecule is CC(O)c1c(CNC(=O)O)cc(-c2ccc(OC(F)(F)F)cc2)c2nccnc12. The highest BCUT2D eigenvalue weighted by molar-refractivity contribution is 5.94. The van der Waals surface area contributed by atoms with Gasteiger partial charge in [-0.1, -0.05) is 12.1 Å². The number of rotatable bonds is 5. The van der Waals surface area contributed by atoms with Crippen LogP contribution in [0.15, 0.2) is 42.7 Å². The summed E-state index contributed by atoms with van der Waals surface area (Å²) in [4.78, 5) is 19.5. The third-order valence-corrected chi connectivity index (χ3v) is 4.12. The number of benzene rings is 2. The van der Waals surface area contributed by atoms with Gasteiger partial charge in [-0.2, -0.15) is 0 Å². The molecule has 1 amide bonds. The summed E-state index contributed by atoms with van der Waals surface area (Å²) < 4.78 is 41.0. The molecule has 0 radical (unpaired) electrons. The number of aliphatic hydroxyl groups excluding tert-OH is 1. The molecule has 152 valence electrons. The van der Waals surface area contributed by atoms with Gasteiger partial charge in [0, 0.05) is 30.1 Å². The van der Waals surface area contributed by atoms with Crippen molar-refractivity contribution in [3.8, 4) is 16.9 Å². The van der Waals surface area contributed by atoms with E-state index in [0.717, 1.165) is 0 Å². The van der Waals surface area contributed by atoms with Gasteiger partial charge < -0.3 is 20.3 Å². The summed E-state index contributed by atoms with van der Waals surface area (Å²) in [7, 11) is 0. The van der Waals surface area contributed by atoms with E-state index in [1.54, 1.807) is 6.07 Å². The summed E-state index contributed by atoms with van der Waals surface area (Å²) in [5.41, 5.74) is 2.74. The number of nitrogens with one attached hydrogen (secondary N) is 1. The van der Waals surface area contributed by atoms with Crippen molar-refractivity contribution in [2.24, 2.45) is 0 Å². The number of halogens is 3. The molecular weight excluding hydrogens is 391 g/mol. The Kier molecular flexibility index (Phi) is 5.55. The smallest absolute Gasteiger partial charge is 0.465 e. The van der Waals surface area contributed by atoms with Gasteiger partial charge in [0.25, 0.3) is 0 Å². The predicted molar refractivity (Wildman–Crippen MR) is 97.2 cm³/mol. The summed E-state index contributed by atoms with van der Waals surface area (Å²) >= 11 is 0. The first kappa shape index (κ1) is 20.3. The molecule has 0 aliphatic heterocycles. The van der Waals surface area contributed by atoms with Crippen LogP contribution in [0.1, 0.15) is 24.2 Å². The Balaban J connectivity index is 2.14. The minimum atomic E-state index is -4.80. The van der Waals surface area contributed by atoms with Crippen molar-refractivity contribution >= 4 is 17.1 Å². The zero-order valence-corrected chi connectivity index (χ0v) is 15.1. The number of ether oxygens (including phenoxy) is 1. The molecule has 3 aromatic rings. The molecule has 29 heavy (non-hydrogen) atoms. The topological polar surface area (TPSA) is 105 Å². The molecule has 0 aliphatic rings. The third-order valence-electron chi connectivity index (χ3n) is 4.12. The van der Waals surface area contributed by atoms with Crippen molar-refractivity contribution in [2.75, 3.05) is 0 Å². The highest BCUT2D eigenvalue weighted by atomic mass is 19.4. The number of aromatic nitrogens is 2. The minimum absolute atomic E-state index is 0.0929. The van der Waals surface area contributed by atoms with Crippen LogP contribution < -0.4 is 10.1 Å². The van der Waals surface area contributed by atoms with E-state index in [0.29, 0.717) is 33.3 Å². The number of nitrogens with zero attached hydrogens (tertiary/aromatic N) is 2. The van der Waals surface area contributed by atoms with Crippen molar-refractivity contribution in [2.45, 2.75) is 25.9 Å². The molecule has 7 nitrogen and oxygen atoms in total. The van der Waals surface area contributed by atoms with Crippen LogP contribution in [0.3, 0.4) is 0 Å². The van der Waals surface area contributed by atoms with Gasteiger partial charge in [-0.25, -0.2) is 4.79 Å². The van der Waals surface area contributed by atoms with Gasteiger partial charge in [-0.05, 0) is 36.2 Å². The van der Waals surface area contributed by atoms with E-state index in [4.69, 9.17) is 5.11 Å². The molecule has 10 heteroatoms. The molecule has 1 atom stereocenters. The molecule has 1 heterocycles. The van der Waals surface area contributed by atoms with E-state index < -0.39 is 18.6 Å². The number of amides is 1. The molecule has 0 fully saturated rings. The van der Waals surface area contributed by atoms with Crippen LogP contribution in [0.2, 0.25) is 0 Å². The second-order valence-electron chi connectivity index (χ2n) is 6.16. The van der Waals surface area contributed by atoms with E-state index in [1.165, 1.54) is 43.6 Å². The Morgan fingerprint density at radius 3 is 2.34 bits per heavy atom. The highest BCUT2D eigenvalue weighted by Gasteiger charge is 2.31. The lowest BCUT2D eigenvalue weighted by Crippen LogP contribution is -2.21. The summed E-state index contributed by atoms with van der Waals surface area (Å²) in [5.74, 6) is -0.370. The molecule has 0 saturated heterocycles. The quantitative estimate of drug-likeness (QED) is 0.590. The Labute approximate surface area is 162 Å². The number of carbonyl (C=O) groups is 1. The van der Waals surface area contributed by atoms with Crippen LogP contribution in [-0.4, -0.2) is 32.6 Å². The molecule has 0 saturated carbocycles. The monoisotopic (exact) mass is 407 g/mol. The van der Waals surface area contributed by atoms with Gasteiger partial charge in [0.2, 0.25) is 0 Å². The summed E-state index contributed by atoms with van der Waals surface area (Å²) in [6.07, 6.45) is -4.10. The van der Waals surface area contributed by atoms with Crippen LogP contribution in [0.25, 0.3) is 22.2 Å². The van der Waals surface area contributed by atoms with Crippen LogP contribution in [0.5, 0.6) is 5.75 Å². The molecule has 3 N–H and O–H groups in total. The number of hydrogen-bond acceptors (Lipinski definition) is 5. The van der Waals surface area contributed by atoms with Crippen LogP contribution in [-0.2, 0) is 6.54 Å². The fourth-order valence-electron chi connectivity index (χ4n) is 3.04. The van der Waals surface area contributed by atoms with E-state index in [9.17, 15) is 23.1 Å². The van der Waals surface area contributed by atoms with Gasteiger partial charge in [0.1, 0.15) is 5.75 Å². The van der Waals surface area contributed by atoms with Crippen molar-refractivity contribution in [3.05, 3.63) is 53.9 Å². The van der Waals surface area contributed by atoms with Gasteiger partial charge in [0.15, 0.2) is 0 Å². The van der Waals surface area contributed by atoms with Gasteiger partial charge in [-0.3, -0.25) is 9.97 Å². The fraction of sp³-hybridized carbons (Fsp3) is 0.211. The molecule has 1 unspecified atom stereocenters. The zero-order chi connectivity index (χ0) is 21.2. The third kappa shape index (κ3) is 4.72. The Bertz CT molecular complexity index is 1040. The Hall–Kier alpha value is -3.40. The largest absolute Gasteiger partial charge is 0.573 e. The van der Waals surface area contributed by atoms with Gasteiger partial charge in [-0.15, -0.1) is 13.2 Å². The second-order valence-corrected chi connectivity index (χ2v) is 6.16. The molecule has 0 spiro atoms. The Morgan fingerprint density at radius 2 is 1.79 bits per heavy atom. The van der Waals surface area contributed by atoms with Crippen LogP contribution in [0, 0.1) is 0 Å². The average molecular weight is 407 g/mol. The first-order valence-corrected chi connectivity index (χ1v) is 8.43. The lowest BCUT2D eigenvalue weighted by atomic mass is 9.94. The number of alkyl halides is 3. The number of carboxylic acid groups (broad SMARTS) is 1. The van der Waals surface area contributed by atoms with Gasteiger partial charge in [0.05, 0.1) is 17.1 Å². The molecule has 2 aromatic carbocycles. The van der Waals surface area contributed by atoms with Crippen LogP contribution in [0.4, 0.5) is 18.0 Å². The van der Waals surface area contributed by atoms with Crippen molar-refractivity contribution in [1.82, 2.24) is 15.3 Å². The maximum atomic E-state index is 12.4. The average Bonchev–Trinajstić information content (AvgIpc) is 2.64. The number of aliphatic hydroxyl groups is 1. The maximum Gasteiger partial charge on any atom is 0.573 e. The lowest BCUT2D eigenvalue weighted by molar-refractivity contribution is -0.274. The maximum absolute atomic E-state index is 12.4.